The van der Waals surface area contributed by atoms with Gasteiger partial charge in [0.05, 0.1) is 5.69 Å². The Morgan fingerprint density at radius 3 is 2.61 bits per heavy atom. The molecule has 0 aliphatic heterocycles. The van der Waals surface area contributed by atoms with Gasteiger partial charge in [-0.15, -0.1) is 0 Å². The zero-order valence-electron chi connectivity index (χ0n) is 10.9. The van der Waals surface area contributed by atoms with Gasteiger partial charge in [-0.25, -0.2) is 0 Å². The van der Waals surface area contributed by atoms with E-state index in [1.54, 1.807) is 0 Å². The first kappa shape index (κ1) is 11.2. The predicted molar refractivity (Wildman–Crippen MR) is 76.2 cm³/mol. The highest BCUT2D eigenvalue weighted by atomic mass is 14.6. The molecule has 0 saturated heterocycles. The van der Waals surface area contributed by atoms with Crippen LogP contribution in [-0.2, 0) is 5.41 Å². The zero-order chi connectivity index (χ0) is 12.6. The molecule has 1 heterocycles. The average molecular weight is 235 g/mol. The first-order valence-electron chi connectivity index (χ1n) is 6.38. The average Bonchev–Trinajstić information content (AvgIpc) is 2.63. The first-order chi connectivity index (χ1) is 8.67. The van der Waals surface area contributed by atoms with Gasteiger partial charge >= 0.3 is 0 Å². The highest BCUT2D eigenvalue weighted by molar-refractivity contribution is 5.86. The highest BCUT2D eigenvalue weighted by Gasteiger charge is 2.32. The molecule has 1 heteroatoms. The summed E-state index contributed by atoms with van der Waals surface area (Å²) in [6, 6.07) is 14.8. The summed E-state index contributed by atoms with van der Waals surface area (Å²) < 4.78 is 0. The van der Waals surface area contributed by atoms with Gasteiger partial charge in [0, 0.05) is 6.20 Å². The topological polar surface area (TPSA) is 12.9 Å². The molecular formula is C17H17N. The maximum absolute atomic E-state index is 4.39. The van der Waals surface area contributed by atoms with Crippen LogP contribution < -0.4 is 0 Å². The molecule has 1 aromatic heterocycles. The lowest BCUT2D eigenvalue weighted by atomic mass is 9.86. The van der Waals surface area contributed by atoms with E-state index in [1.165, 1.54) is 16.7 Å². The number of pyridine rings is 1. The van der Waals surface area contributed by atoms with E-state index in [1.807, 2.05) is 18.3 Å². The third-order valence-corrected chi connectivity index (χ3v) is 3.64. The summed E-state index contributed by atoms with van der Waals surface area (Å²) in [5.41, 5.74) is 5.51. The first-order valence-corrected chi connectivity index (χ1v) is 6.38. The maximum atomic E-state index is 4.39. The van der Waals surface area contributed by atoms with Gasteiger partial charge in [-0.2, -0.15) is 0 Å². The molecule has 1 aliphatic carbocycles. The second-order valence-electron chi connectivity index (χ2n) is 5.53. The van der Waals surface area contributed by atoms with E-state index < -0.39 is 0 Å². The van der Waals surface area contributed by atoms with Crippen molar-refractivity contribution >= 4 is 11.6 Å². The van der Waals surface area contributed by atoms with E-state index in [2.05, 4.69) is 55.2 Å². The lowest BCUT2D eigenvalue weighted by molar-refractivity contribution is 0.563. The van der Waals surface area contributed by atoms with Crippen molar-refractivity contribution in [1.82, 2.24) is 4.98 Å². The lowest BCUT2D eigenvalue weighted by Gasteiger charge is -2.17. The number of aromatic nitrogens is 1. The molecule has 18 heavy (non-hydrogen) atoms. The van der Waals surface area contributed by atoms with Crippen LogP contribution in [0.25, 0.3) is 11.6 Å². The number of hydrogen-bond donors (Lipinski definition) is 0. The molecule has 0 fully saturated rings. The van der Waals surface area contributed by atoms with Crippen molar-refractivity contribution < 1.29 is 0 Å². The Balaban J connectivity index is 2.09. The van der Waals surface area contributed by atoms with Crippen LogP contribution in [0.1, 0.15) is 37.1 Å². The number of benzene rings is 1. The Bertz CT molecular complexity index is 594. The van der Waals surface area contributed by atoms with Crippen LogP contribution in [0.2, 0.25) is 0 Å². The van der Waals surface area contributed by atoms with Crippen LogP contribution in [0.15, 0.2) is 48.7 Å². The third kappa shape index (κ3) is 1.86. The number of nitrogens with zero attached hydrogens (tertiary/aromatic N) is 1. The van der Waals surface area contributed by atoms with Gasteiger partial charge in [0.15, 0.2) is 0 Å². The maximum Gasteiger partial charge on any atom is 0.0632 e. The molecule has 0 bridgehead atoms. The van der Waals surface area contributed by atoms with E-state index in [4.69, 9.17) is 0 Å². The Morgan fingerprint density at radius 1 is 1.06 bits per heavy atom. The molecule has 0 N–H and O–H groups in total. The smallest absolute Gasteiger partial charge is 0.0632 e. The van der Waals surface area contributed by atoms with Crippen molar-refractivity contribution in [3.63, 3.8) is 0 Å². The van der Waals surface area contributed by atoms with Crippen molar-refractivity contribution in [2.75, 3.05) is 0 Å². The largest absolute Gasteiger partial charge is 0.257 e. The SMILES string of the molecule is CC1(C)C/C(=C/c2ccccn2)c2ccccc21. The van der Waals surface area contributed by atoms with Crippen molar-refractivity contribution in [2.45, 2.75) is 25.7 Å². The van der Waals surface area contributed by atoms with Crippen LogP contribution >= 0.6 is 0 Å². The summed E-state index contributed by atoms with van der Waals surface area (Å²) >= 11 is 0. The molecule has 0 spiro atoms. The van der Waals surface area contributed by atoms with Gasteiger partial charge in [-0.3, -0.25) is 4.98 Å². The van der Waals surface area contributed by atoms with Gasteiger partial charge in [0.25, 0.3) is 0 Å². The Morgan fingerprint density at radius 2 is 1.83 bits per heavy atom. The second kappa shape index (κ2) is 4.09. The van der Waals surface area contributed by atoms with Crippen molar-refractivity contribution in [3.05, 3.63) is 65.5 Å². The fraction of sp³-hybridized carbons (Fsp3) is 0.235. The third-order valence-electron chi connectivity index (χ3n) is 3.64. The van der Waals surface area contributed by atoms with Gasteiger partial charge < -0.3 is 0 Å². The summed E-state index contributed by atoms with van der Waals surface area (Å²) in [5.74, 6) is 0. The van der Waals surface area contributed by atoms with Gasteiger partial charge in [0.1, 0.15) is 0 Å². The number of hydrogen-bond acceptors (Lipinski definition) is 1. The van der Waals surface area contributed by atoms with Gasteiger partial charge in [0.2, 0.25) is 0 Å². The van der Waals surface area contributed by atoms with E-state index in [9.17, 15) is 0 Å². The quantitative estimate of drug-likeness (QED) is 0.718. The van der Waals surface area contributed by atoms with E-state index in [0.717, 1.165) is 12.1 Å². The number of rotatable bonds is 1. The standard InChI is InChI=1S/C17H17N/c1-17(2)12-13(11-14-7-5-6-10-18-14)15-8-3-4-9-16(15)17/h3-11H,12H2,1-2H3/b13-11-. The molecule has 0 unspecified atom stereocenters. The van der Waals surface area contributed by atoms with Crippen molar-refractivity contribution in [1.29, 1.82) is 0 Å². The molecular weight excluding hydrogens is 218 g/mol. The summed E-state index contributed by atoms with van der Waals surface area (Å²) in [7, 11) is 0. The molecule has 0 radical (unpaired) electrons. The van der Waals surface area contributed by atoms with Crippen LogP contribution in [0.5, 0.6) is 0 Å². The van der Waals surface area contributed by atoms with E-state index >= 15 is 0 Å². The minimum absolute atomic E-state index is 0.233. The van der Waals surface area contributed by atoms with Crippen LogP contribution in [0.4, 0.5) is 0 Å². The monoisotopic (exact) mass is 235 g/mol. The fourth-order valence-electron chi connectivity index (χ4n) is 2.79. The van der Waals surface area contributed by atoms with E-state index in [0.29, 0.717) is 0 Å². The Hall–Kier alpha value is -1.89. The zero-order valence-corrected chi connectivity index (χ0v) is 10.9. The molecule has 3 rings (SSSR count). The normalized spacial score (nSPS) is 18.9. The summed E-state index contributed by atoms with van der Waals surface area (Å²) in [6.45, 7) is 4.62. The van der Waals surface area contributed by atoms with Crippen LogP contribution in [0.3, 0.4) is 0 Å². The van der Waals surface area contributed by atoms with Crippen molar-refractivity contribution in [3.8, 4) is 0 Å². The lowest BCUT2D eigenvalue weighted by Crippen LogP contribution is -2.11. The molecule has 0 saturated carbocycles. The summed E-state index contributed by atoms with van der Waals surface area (Å²) in [5, 5.41) is 0. The molecule has 90 valence electrons. The van der Waals surface area contributed by atoms with Crippen molar-refractivity contribution in [2.24, 2.45) is 0 Å². The number of fused-ring (bicyclic) bond motifs is 1. The minimum Gasteiger partial charge on any atom is -0.257 e. The van der Waals surface area contributed by atoms with E-state index in [-0.39, 0.29) is 5.41 Å². The predicted octanol–water partition coefficient (Wildman–Crippen LogP) is 4.30. The van der Waals surface area contributed by atoms with Gasteiger partial charge in [-0.05, 0) is 46.7 Å². The molecule has 1 aliphatic rings. The van der Waals surface area contributed by atoms with Gasteiger partial charge in [-0.1, -0.05) is 44.2 Å². The Kier molecular flexibility index (Phi) is 2.55. The fourth-order valence-corrected chi connectivity index (χ4v) is 2.79. The summed E-state index contributed by atoms with van der Waals surface area (Å²) in [6.07, 6.45) is 5.15. The Labute approximate surface area is 108 Å². The molecule has 1 nitrogen and oxygen atoms in total. The molecule has 0 atom stereocenters. The van der Waals surface area contributed by atoms with Crippen LogP contribution in [0, 0.1) is 0 Å². The van der Waals surface area contributed by atoms with Crippen LogP contribution in [-0.4, -0.2) is 4.98 Å². The molecule has 2 aromatic rings. The minimum atomic E-state index is 0.233. The second-order valence-corrected chi connectivity index (χ2v) is 5.53. The molecule has 0 amide bonds. The summed E-state index contributed by atoms with van der Waals surface area (Å²) in [4.78, 5) is 4.39. The highest BCUT2D eigenvalue weighted by Crippen LogP contribution is 2.45. The number of allylic oxidation sites excluding steroid dienone is 1. The molecule has 1 aromatic carbocycles.